The number of carbonyl (C=O) groups is 2. The largest absolute Gasteiger partial charge is 0.329 e. The van der Waals surface area contributed by atoms with Crippen LogP contribution in [0.5, 0.6) is 0 Å². The molecule has 0 spiro atoms. The van der Waals surface area contributed by atoms with Crippen LogP contribution in [0.3, 0.4) is 0 Å². The molecule has 1 fully saturated rings. The minimum absolute atomic E-state index is 0.000602. The number of sulfonamides is 1. The van der Waals surface area contributed by atoms with Crippen molar-refractivity contribution in [2.24, 2.45) is 0 Å². The van der Waals surface area contributed by atoms with Crippen LogP contribution in [0.1, 0.15) is 0 Å². The average molecular weight is 289 g/mol. The molecule has 0 bridgehead atoms. The maximum absolute atomic E-state index is 11.7. The van der Waals surface area contributed by atoms with E-state index >= 15 is 0 Å². The number of hydrogen-bond donors (Lipinski definition) is 2. The molecule has 0 aliphatic carbocycles. The zero-order valence-electron chi connectivity index (χ0n) is 9.25. The predicted octanol–water partition coefficient (Wildman–Crippen LogP) is -0.422. The minimum atomic E-state index is -3.54. The molecule has 0 unspecified atom stereocenters. The first-order valence-electron chi connectivity index (χ1n) is 5.12. The summed E-state index contributed by atoms with van der Waals surface area (Å²) in [6.45, 7) is -0.00876. The molecule has 2 N–H and O–H groups in total. The van der Waals surface area contributed by atoms with E-state index < -0.39 is 16.1 Å². The Kier molecular flexibility index (Phi) is 3.64. The summed E-state index contributed by atoms with van der Waals surface area (Å²) in [5, 5.41) is 4.02. The molecule has 1 aromatic heterocycles. The van der Waals surface area contributed by atoms with E-state index in [4.69, 9.17) is 0 Å². The van der Waals surface area contributed by atoms with Crippen LogP contribution in [0.15, 0.2) is 21.7 Å². The fourth-order valence-corrected chi connectivity index (χ4v) is 3.52. The van der Waals surface area contributed by atoms with E-state index in [-0.39, 0.29) is 29.8 Å². The van der Waals surface area contributed by atoms with Crippen molar-refractivity contribution in [2.45, 2.75) is 4.21 Å². The molecule has 0 aromatic carbocycles. The lowest BCUT2D eigenvalue weighted by Gasteiger charge is -2.12. The molecule has 2 rings (SSSR count). The van der Waals surface area contributed by atoms with Crippen LogP contribution < -0.4 is 10.0 Å². The van der Waals surface area contributed by atoms with Gasteiger partial charge in [0.05, 0.1) is 6.54 Å². The predicted molar refractivity (Wildman–Crippen MR) is 64.6 cm³/mol. The van der Waals surface area contributed by atoms with Gasteiger partial charge in [0.1, 0.15) is 4.21 Å². The number of nitrogens with one attached hydrogen (secondary N) is 2. The third-order valence-electron chi connectivity index (χ3n) is 2.32. The summed E-state index contributed by atoms with van der Waals surface area (Å²) >= 11 is 1.10. The van der Waals surface area contributed by atoms with Crippen molar-refractivity contribution in [2.75, 3.05) is 19.6 Å². The summed E-state index contributed by atoms with van der Waals surface area (Å²) in [4.78, 5) is 23.4. The lowest BCUT2D eigenvalue weighted by molar-refractivity contribution is -0.124. The summed E-state index contributed by atoms with van der Waals surface area (Å²) < 4.78 is 26.0. The molecule has 0 saturated carbocycles. The molecule has 1 aliphatic heterocycles. The first kappa shape index (κ1) is 13.0. The maximum Gasteiger partial charge on any atom is 0.324 e. The number of hydrogen-bond acceptors (Lipinski definition) is 5. The van der Waals surface area contributed by atoms with Gasteiger partial charge in [-0.15, -0.1) is 11.3 Å². The molecule has 2 heterocycles. The van der Waals surface area contributed by atoms with E-state index in [1.54, 1.807) is 11.4 Å². The third kappa shape index (κ3) is 2.68. The van der Waals surface area contributed by atoms with Crippen molar-refractivity contribution in [1.82, 2.24) is 14.9 Å². The molecule has 9 heteroatoms. The molecule has 0 atom stereocenters. The topological polar surface area (TPSA) is 95.6 Å². The molecule has 3 amide bonds. The van der Waals surface area contributed by atoms with Gasteiger partial charge in [0.15, 0.2) is 0 Å². The number of imide groups is 1. The number of rotatable bonds is 5. The Hall–Kier alpha value is -1.45. The van der Waals surface area contributed by atoms with E-state index in [9.17, 15) is 18.0 Å². The molecule has 7 nitrogen and oxygen atoms in total. The van der Waals surface area contributed by atoms with Crippen LogP contribution in [0.2, 0.25) is 0 Å². The second kappa shape index (κ2) is 5.04. The Morgan fingerprint density at radius 2 is 2.22 bits per heavy atom. The van der Waals surface area contributed by atoms with Crippen LogP contribution in [-0.2, 0) is 14.8 Å². The number of thiophene rings is 1. The van der Waals surface area contributed by atoms with Gasteiger partial charge in [0.2, 0.25) is 15.9 Å². The van der Waals surface area contributed by atoms with Crippen LogP contribution in [0.4, 0.5) is 4.79 Å². The first-order chi connectivity index (χ1) is 8.50. The Morgan fingerprint density at radius 1 is 1.44 bits per heavy atom. The second-order valence-electron chi connectivity index (χ2n) is 3.53. The van der Waals surface area contributed by atoms with Crippen molar-refractivity contribution in [3.05, 3.63) is 17.5 Å². The van der Waals surface area contributed by atoms with Crippen molar-refractivity contribution in [1.29, 1.82) is 0 Å². The maximum atomic E-state index is 11.7. The quantitative estimate of drug-likeness (QED) is 0.720. The Bertz CT molecular complexity index is 536. The van der Waals surface area contributed by atoms with E-state index in [1.807, 2.05) is 0 Å². The molecular weight excluding hydrogens is 278 g/mol. The molecule has 18 heavy (non-hydrogen) atoms. The monoisotopic (exact) mass is 289 g/mol. The van der Waals surface area contributed by atoms with Crippen molar-refractivity contribution in [3.8, 4) is 0 Å². The van der Waals surface area contributed by atoms with Crippen LogP contribution in [0.25, 0.3) is 0 Å². The van der Waals surface area contributed by atoms with E-state index in [0.717, 1.165) is 16.2 Å². The smallest absolute Gasteiger partial charge is 0.324 e. The molecule has 1 aromatic rings. The third-order valence-corrected chi connectivity index (χ3v) is 5.18. The lowest BCUT2D eigenvalue weighted by Crippen LogP contribution is -2.38. The summed E-state index contributed by atoms with van der Waals surface area (Å²) in [6, 6.07) is 2.63. The van der Waals surface area contributed by atoms with Crippen LogP contribution in [-0.4, -0.2) is 44.9 Å². The fourth-order valence-electron chi connectivity index (χ4n) is 1.46. The summed E-state index contributed by atoms with van der Waals surface area (Å²) in [5.74, 6) is -0.352. The van der Waals surface area contributed by atoms with Gasteiger partial charge in [-0.25, -0.2) is 17.9 Å². The molecule has 98 valence electrons. The van der Waals surface area contributed by atoms with Gasteiger partial charge in [-0.3, -0.25) is 9.69 Å². The average Bonchev–Trinajstić information content (AvgIpc) is 2.93. The lowest BCUT2D eigenvalue weighted by atomic mass is 10.5. The molecule has 1 aliphatic rings. The van der Waals surface area contributed by atoms with Gasteiger partial charge in [0, 0.05) is 13.1 Å². The Morgan fingerprint density at radius 3 is 2.78 bits per heavy atom. The second-order valence-corrected chi connectivity index (χ2v) is 6.48. The van der Waals surface area contributed by atoms with Gasteiger partial charge in [-0.2, -0.15) is 0 Å². The molecule has 1 saturated heterocycles. The highest BCUT2D eigenvalue weighted by Crippen LogP contribution is 2.14. The van der Waals surface area contributed by atoms with Crippen molar-refractivity contribution < 1.29 is 18.0 Å². The molecule has 0 radical (unpaired) electrons. The van der Waals surface area contributed by atoms with Crippen LogP contribution >= 0.6 is 11.3 Å². The summed E-state index contributed by atoms with van der Waals surface area (Å²) in [6.07, 6.45) is 0. The SMILES string of the molecule is O=C1CNC(=O)N1CCNS(=O)(=O)c1cccs1. The van der Waals surface area contributed by atoms with Gasteiger partial charge >= 0.3 is 6.03 Å². The highest BCUT2D eigenvalue weighted by atomic mass is 32.2. The van der Waals surface area contributed by atoms with Gasteiger partial charge in [-0.1, -0.05) is 6.07 Å². The first-order valence-corrected chi connectivity index (χ1v) is 7.48. The van der Waals surface area contributed by atoms with E-state index in [0.29, 0.717) is 0 Å². The number of carbonyl (C=O) groups excluding carboxylic acids is 2. The highest BCUT2D eigenvalue weighted by molar-refractivity contribution is 7.91. The number of amides is 3. The number of nitrogens with zero attached hydrogens (tertiary/aromatic N) is 1. The zero-order valence-corrected chi connectivity index (χ0v) is 10.9. The standard InChI is InChI=1S/C9H11N3O4S2/c13-7-6-10-9(14)12(7)4-3-11-18(15,16)8-2-1-5-17-8/h1-2,5,11H,3-4,6H2,(H,10,14). The van der Waals surface area contributed by atoms with Crippen molar-refractivity contribution in [3.63, 3.8) is 0 Å². The van der Waals surface area contributed by atoms with Crippen molar-refractivity contribution >= 4 is 33.3 Å². The molecular formula is C9H11N3O4S2. The Balaban J connectivity index is 1.89. The van der Waals surface area contributed by atoms with Crippen LogP contribution in [0, 0.1) is 0 Å². The van der Waals surface area contributed by atoms with E-state index in [1.165, 1.54) is 6.07 Å². The summed E-state index contributed by atoms with van der Waals surface area (Å²) in [7, 11) is -3.54. The number of urea groups is 1. The normalized spacial score (nSPS) is 16.1. The summed E-state index contributed by atoms with van der Waals surface area (Å²) in [5.41, 5.74) is 0. The zero-order chi connectivity index (χ0) is 13.2. The Labute approximate surface area is 108 Å². The van der Waals surface area contributed by atoms with Gasteiger partial charge in [-0.05, 0) is 11.4 Å². The van der Waals surface area contributed by atoms with Gasteiger partial charge < -0.3 is 5.32 Å². The van der Waals surface area contributed by atoms with E-state index in [2.05, 4.69) is 10.0 Å². The fraction of sp³-hybridized carbons (Fsp3) is 0.333. The minimum Gasteiger partial charge on any atom is -0.329 e. The van der Waals surface area contributed by atoms with Gasteiger partial charge in [0.25, 0.3) is 0 Å². The highest BCUT2D eigenvalue weighted by Gasteiger charge is 2.28.